The van der Waals surface area contributed by atoms with E-state index in [9.17, 15) is 18.0 Å². The minimum atomic E-state index is -4.56. The fourth-order valence-corrected chi connectivity index (χ4v) is 4.85. The van der Waals surface area contributed by atoms with Crippen molar-refractivity contribution in [1.29, 1.82) is 0 Å². The van der Waals surface area contributed by atoms with Gasteiger partial charge in [0.15, 0.2) is 6.29 Å². The van der Waals surface area contributed by atoms with Crippen LogP contribution >= 0.6 is 0 Å². The van der Waals surface area contributed by atoms with Gasteiger partial charge in [0.1, 0.15) is 0 Å². The van der Waals surface area contributed by atoms with E-state index in [1.807, 2.05) is 0 Å². The summed E-state index contributed by atoms with van der Waals surface area (Å²) in [5.74, 6) is 1.72. The molecule has 3 aromatic rings. The Labute approximate surface area is 247 Å². The summed E-state index contributed by atoms with van der Waals surface area (Å²) in [5, 5.41) is 3.83. The largest absolute Gasteiger partial charge is 0.415 e. The minimum absolute atomic E-state index is 0.138. The van der Waals surface area contributed by atoms with Gasteiger partial charge in [-0.1, -0.05) is 72.8 Å². The van der Waals surface area contributed by atoms with Gasteiger partial charge in [-0.2, -0.15) is 13.2 Å². The lowest BCUT2D eigenvalue weighted by Crippen LogP contribution is -2.24. The maximum Gasteiger partial charge on any atom is 0.415 e. The molecule has 0 aromatic heterocycles. The third-order valence-corrected chi connectivity index (χ3v) is 7.67. The fraction of sp³-hybridized carbons (Fsp3) is 0.343. The van der Waals surface area contributed by atoms with E-state index in [1.165, 1.54) is 54.3 Å². The van der Waals surface area contributed by atoms with Crippen molar-refractivity contribution in [2.45, 2.75) is 57.3 Å². The molecule has 0 saturated heterocycles. The Morgan fingerprint density at radius 3 is 2.33 bits per heavy atom. The second kappa shape index (κ2) is 14.0. The van der Waals surface area contributed by atoms with Gasteiger partial charge in [-0.3, -0.25) is 4.79 Å². The van der Waals surface area contributed by atoms with Crippen LogP contribution in [0.5, 0.6) is 0 Å². The van der Waals surface area contributed by atoms with E-state index >= 15 is 0 Å². The van der Waals surface area contributed by atoms with E-state index in [0.29, 0.717) is 30.6 Å². The van der Waals surface area contributed by atoms with Gasteiger partial charge in [0.25, 0.3) is 0 Å². The van der Waals surface area contributed by atoms with Gasteiger partial charge < -0.3 is 16.0 Å². The topological polar surface area (TPSA) is 58.4 Å². The molecule has 2 aliphatic rings. The van der Waals surface area contributed by atoms with Crippen LogP contribution in [-0.4, -0.2) is 26.1 Å². The molecule has 0 heterocycles. The van der Waals surface area contributed by atoms with Gasteiger partial charge in [-0.25, -0.2) is 0 Å². The van der Waals surface area contributed by atoms with Crippen molar-refractivity contribution >= 4 is 12.0 Å². The first-order valence-corrected chi connectivity index (χ1v) is 14.4. The summed E-state index contributed by atoms with van der Waals surface area (Å²) in [6.45, 7) is 6.60. The maximum atomic E-state index is 12.4. The van der Waals surface area contributed by atoms with Crippen molar-refractivity contribution in [2.24, 2.45) is 11.7 Å². The third kappa shape index (κ3) is 8.91. The summed E-state index contributed by atoms with van der Waals surface area (Å²) in [7, 11) is 1.50. The number of nitrogens with one attached hydrogen (secondary N) is 1. The van der Waals surface area contributed by atoms with Crippen molar-refractivity contribution < 1.29 is 18.0 Å². The number of allylic oxidation sites excluding steroid dienone is 3. The number of aldehydes is 1. The molecule has 2 saturated carbocycles. The Hall–Kier alpha value is -3.68. The molecule has 0 radical (unpaired) electrons. The van der Waals surface area contributed by atoms with Crippen molar-refractivity contribution in [2.75, 3.05) is 18.5 Å². The van der Waals surface area contributed by atoms with E-state index in [0.717, 1.165) is 23.9 Å². The smallest absolute Gasteiger partial charge is 0.342 e. The molecule has 1 atom stereocenters. The number of carbonyl (C=O) groups excluding carboxylic acids is 1. The zero-order chi connectivity index (χ0) is 30.3. The summed E-state index contributed by atoms with van der Waals surface area (Å²) in [4.78, 5) is 12.3. The Bertz CT molecular complexity index is 1390. The molecule has 2 fully saturated rings. The predicted octanol–water partition coefficient (Wildman–Crippen LogP) is 7.74. The van der Waals surface area contributed by atoms with E-state index < -0.39 is 11.7 Å². The Balaban J connectivity index is 0.000000194. The highest BCUT2D eigenvalue weighted by Crippen LogP contribution is 2.41. The number of benzene rings is 3. The molecule has 1 unspecified atom stereocenters. The first kappa shape index (κ1) is 31.3. The highest BCUT2D eigenvalue weighted by molar-refractivity contribution is 5.81. The standard InChI is InChI=1S/C21H25N.C14H15F3N2O/c1-15-11-19(17-9-10-17)13-20(12-15)21(22-14-16-7-8-16)18-5-3-2-4-6-18;1-10(14(15,16)17)6-13(9-20)19(2)12-5-3-4-11(7-12)8-18/h2-6,11-13,16-17,21-22H,7-10,14H2,1H3;3-7,9H,1,8,18H2,2H3/b;13-6-. The number of aryl methyl sites for hydroxylation is 1. The highest BCUT2D eigenvalue weighted by atomic mass is 19.4. The molecule has 4 nitrogen and oxygen atoms in total. The Morgan fingerprint density at radius 2 is 1.74 bits per heavy atom. The second-order valence-electron chi connectivity index (χ2n) is 11.3. The first-order chi connectivity index (χ1) is 20.1. The van der Waals surface area contributed by atoms with Gasteiger partial charge in [-0.05, 0) is 91.5 Å². The van der Waals surface area contributed by atoms with Gasteiger partial charge in [0, 0.05) is 19.3 Å². The zero-order valence-electron chi connectivity index (χ0n) is 24.3. The van der Waals surface area contributed by atoms with Crippen LogP contribution in [0.2, 0.25) is 0 Å². The van der Waals surface area contributed by atoms with Gasteiger partial charge in [-0.15, -0.1) is 0 Å². The minimum Gasteiger partial charge on any atom is -0.342 e. The maximum absolute atomic E-state index is 12.4. The molecule has 0 amide bonds. The van der Waals surface area contributed by atoms with Crippen LogP contribution in [0.4, 0.5) is 18.9 Å². The number of rotatable bonds is 11. The van der Waals surface area contributed by atoms with Crippen LogP contribution in [0.1, 0.15) is 65.5 Å². The molecule has 2 aliphatic carbocycles. The SMILES string of the molecule is C=C(/C=C(/C=O)N(C)c1cccc(CN)c1)C(F)(F)F.Cc1cc(C2CC2)cc(C(NCC2CC2)c2ccccc2)c1. The zero-order valence-corrected chi connectivity index (χ0v) is 24.3. The van der Waals surface area contributed by atoms with Crippen LogP contribution < -0.4 is 16.0 Å². The van der Waals surface area contributed by atoms with Crippen molar-refractivity contribution in [3.8, 4) is 0 Å². The molecule has 3 N–H and O–H groups in total. The summed E-state index contributed by atoms with van der Waals surface area (Å²) in [6.07, 6.45) is 2.04. The Morgan fingerprint density at radius 1 is 1.02 bits per heavy atom. The molecular weight excluding hydrogens is 535 g/mol. The monoisotopic (exact) mass is 575 g/mol. The number of anilines is 1. The summed E-state index contributed by atoms with van der Waals surface area (Å²) < 4.78 is 37.3. The van der Waals surface area contributed by atoms with Gasteiger partial charge in [0.05, 0.1) is 17.3 Å². The molecular formula is C35H40F3N3O. The summed E-state index contributed by atoms with van der Waals surface area (Å²) in [6, 6.07) is 25.3. The molecule has 0 aliphatic heterocycles. The lowest BCUT2D eigenvalue weighted by atomic mass is 9.94. The van der Waals surface area contributed by atoms with Crippen LogP contribution in [0.15, 0.2) is 96.7 Å². The molecule has 5 rings (SSSR count). The van der Waals surface area contributed by atoms with Crippen molar-refractivity contribution in [3.63, 3.8) is 0 Å². The average molecular weight is 576 g/mol. The van der Waals surface area contributed by atoms with Crippen molar-refractivity contribution in [1.82, 2.24) is 5.32 Å². The number of halogens is 3. The molecule has 0 spiro atoms. The Kier molecular flexibility index (Phi) is 10.4. The molecule has 42 heavy (non-hydrogen) atoms. The number of nitrogens with two attached hydrogens (primary N) is 1. The summed E-state index contributed by atoms with van der Waals surface area (Å²) >= 11 is 0. The molecule has 222 valence electrons. The van der Waals surface area contributed by atoms with Crippen LogP contribution in [-0.2, 0) is 11.3 Å². The van der Waals surface area contributed by atoms with Crippen LogP contribution in [0.25, 0.3) is 0 Å². The number of hydrogen-bond acceptors (Lipinski definition) is 4. The average Bonchev–Trinajstić information content (AvgIpc) is 3.90. The lowest BCUT2D eigenvalue weighted by molar-refractivity contribution is -0.105. The van der Waals surface area contributed by atoms with E-state index in [-0.39, 0.29) is 5.70 Å². The molecule has 3 aromatic carbocycles. The van der Waals surface area contributed by atoms with Crippen molar-refractivity contribution in [3.05, 3.63) is 125 Å². The number of carbonyl (C=O) groups is 1. The molecule has 0 bridgehead atoms. The molecule has 7 heteroatoms. The third-order valence-electron chi connectivity index (χ3n) is 7.67. The number of hydrogen-bond donors (Lipinski definition) is 2. The first-order valence-electron chi connectivity index (χ1n) is 14.4. The number of nitrogens with zero attached hydrogens (tertiary/aromatic N) is 1. The number of alkyl halides is 3. The summed E-state index contributed by atoms with van der Waals surface area (Å²) in [5.41, 5.74) is 11.4. The van der Waals surface area contributed by atoms with E-state index in [1.54, 1.807) is 29.8 Å². The van der Waals surface area contributed by atoms with E-state index in [4.69, 9.17) is 5.73 Å². The van der Waals surface area contributed by atoms with Gasteiger partial charge >= 0.3 is 6.18 Å². The number of likely N-dealkylation sites (N-methyl/N-ethyl adjacent to an activating group) is 1. The fourth-order valence-electron chi connectivity index (χ4n) is 4.85. The normalized spacial score (nSPS) is 15.8. The predicted molar refractivity (Wildman–Crippen MR) is 164 cm³/mol. The highest BCUT2D eigenvalue weighted by Gasteiger charge is 2.31. The van der Waals surface area contributed by atoms with Gasteiger partial charge in [0.2, 0.25) is 0 Å². The van der Waals surface area contributed by atoms with Crippen LogP contribution in [0.3, 0.4) is 0 Å². The quantitative estimate of drug-likeness (QED) is 0.139. The van der Waals surface area contributed by atoms with Crippen LogP contribution in [0, 0.1) is 12.8 Å². The second-order valence-corrected chi connectivity index (χ2v) is 11.3. The van der Waals surface area contributed by atoms with E-state index in [2.05, 4.69) is 67.4 Å². The lowest BCUT2D eigenvalue weighted by Gasteiger charge is -2.21.